The summed E-state index contributed by atoms with van der Waals surface area (Å²) in [6.45, 7) is 0. The number of benzene rings is 2. The number of fused-ring (bicyclic) bond motifs is 2. The highest BCUT2D eigenvalue weighted by Crippen LogP contribution is 2.43. The standard InChI is InChI=1S/C21H12BrN3O4/c22-10-7-5-9(6-8-10)13-14-16(23-19-15(13)20(28)25-21(29)24-19)18(27)12-4-2-1-3-11(12)17(14)26/h1-8,13H,(H3,23,24,25,28,29). The number of carbonyl (C=O) groups is 2. The Morgan fingerprint density at radius 1 is 0.793 bits per heavy atom. The van der Waals surface area contributed by atoms with E-state index in [4.69, 9.17) is 0 Å². The number of H-pyrrole nitrogens is 2. The van der Waals surface area contributed by atoms with Gasteiger partial charge in [-0.2, -0.15) is 0 Å². The van der Waals surface area contributed by atoms with E-state index in [2.05, 4.69) is 31.2 Å². The van der Waals surface area contributed by atoms with E-state index in [-0.39, 0.29) is 39.8 Å². The number of carbonyl (C=O) groups excluding carboxylic acids is 2. The molecule has 0 saturated carbocycles. The maximum absolute atomic E-state index is 13.4. The Morgan fingerprint density at radius 3 is 2.14 bits per heavy atom. The summed E-state index contributed by atoms with van der Waals surface area (Å²) in [7, 11) is 0. The van der Waals surface area contributed by atoms with Crippen LogP contribution in [0.1, 0.15) is 37.8 Å². The molecule has 0 fully saturated rings. The van der Waals surface area contributed by atoms with Gasteiger partial charge >= 0.3 is 5.69 Å². The Bertz CT molecular complexity index is 1370. The maximum Gasteiger partial charge on any atom is 0.327 e. The van der Waals surface area contributed by atoms with Crippen molar-refractivity contribution in [1.82, 2.24) is 9.97 Å². The molecule has 2 aliphatic rings. The molecular formula is C21H12BrN3O4. The van der Waals surface area contributed by atoms with E-state index in [1.165, 1.54) is 0 Å². The number of ketones is 2. The molecule has 1 aliphatic heterocycles. The second-order valence-electron chi connectivity index (χ2n) is 6.80. The summed E-state index contributed by atoms with van der Waals surface area (Å²) in [5.74, 6) is -1.37. The van der Waals surface area contributed by atoms with Crippen LogP contribution in [0.15, 0.2) is 73.9 Å². The topological polar surface area (TPSA) is 112 Å². The molecule has 3 aromatic rings. The number of hydrogen-bond donors (Lipinski definition) is 3. The molecule has 7 nitrogen and oxygen atoms in total. The van der Waals surface area contributed by atoms with Gasteiger partial charge in [0.05, 0.1) is 11.3 Å². The summed E-state index contributed by atoms with van der Waals surface area (Å²) in [6.07, 6.45) is 0. The molecule has 0 spiro atoms. The van der Waals surface area contributed by atoms with Gasteiger partial charge in [-0.05, 0) is 17.7 Å². The molecule has 1 atom stereocenters. The Labute approximate surface area is 171 Å². The van der Waals surface area contributed by atoms with Gasteiger partial charge in [0.2, 0.25) is 5.78 Å². The smallest absolute Gasteiger partial charge is 0.327 e. The number of halogens is 1. The lowest BCUT2D eigenvalue weighted by molar-refractivity contribution is 0.0971. The maximum atomic E-state index is 13.4. The van der Waals surface area contributed by atoms with Crippen molar-refractivity contribution in [1.29, 1.82) is 0 Å². The van der Waals surface area contributed by atoms with Gasteiger partial charge in [-0.25, -0.2) is 4.79 Å². The van der Waals surface area contributed by atoms with E-state index in [0.717, 1.165) is 4.47 Å². The van der Waals surface area contributed by atoms with E-state index in [9.17, 15) is 19.2 Å². The molecule has 1 unspecified atom stereocenters. The highest BCUT2D eigenvalue weighted by Gasteiger charge is 2.42. The Morgan fingerprint density at radius 2 is 1.45 bits per heavy atom. The van der Waals surface area contributed by atoms with Gasteiger partial charge in [0, 0.05) is 27.1 Å². The molecule has 0 saturated heterocycles. The van der Waals surface area contributed by atoms with Gasteiger partial charge in [-0.3, -0.25) is 24.4 Å². The molecule has 2 heterocycles. The van der Waals surface area contributed by atoms with Crippen molar-refractivity contribution in [2.75, 3.05) is 5.32 Å². The van der Waals surface area contributed by atoms with Gasteiger partial charge in [0.25, 0.3) is 5.56 Å². The van der Waals surface area contributed by atoms with Crippen LogP contribution in [0.3, 0.4) is 0 Å². The predicted molar refractivity (Wildman–Crippen MR) is 109 cm³/mol. The minimum atomic E-state index is -0.806. The number of Topliss-reactive ketones (excluding diaryl/α,β-unsaturated/α-hetero) is 2. The fourth-order valence-corrected chi connectivity index (χ4v) is 4.19. The molecule has 5 rings (SSSR count). The van der Waals surface area contributed by atoms with E-state index in [1.54, 1.807) is 48.5 Å². The molecule has 0 radical (unpaired) electrons. The highest BCUT2D eigenvalue weighted by atomic mass is 79.9. The average Bonchev–Trinajstić information content (AvgIpc) is 2.71. The molecular weight excluding hydrogens is 438 g/mol. The van der Waals surface area contributed by atoms with Crippen LogP contribution in [0.4, 0.5) is 5.82 Å². The van der Waals surface area contributed by atoms with Crippen molar-refractivity contribution in [2.24, 2.45) is 0 Å². The van der Waals surface area contributed by atoms with Crippen molar-refractivity contribution < 1.29 is 9.59 Å². The zero-order valence-corrected chi connectivity index (χ0v) is 16.3. The second-order valence-corrected chi connectivity index (χ2v) is 7.71. The molecule has 3 N–H and O–H groups in total. The molecule has 142 valence electrons. The van der Waals surface area contributed by atoms with Crippen LogP contribution >= 0.6 is 15.9 Å². The molecule has 0 bridgehead atoms. The Hall–Kier alpha value is -3.52. The number of rotatable bonds is 1. The SMILES string of the molecule is O=C1C2=C(C(=O)c3ccccc31)C(c1ccc(Br)cc1)c1c([nH]c(=O)[nH]c1=O)N2. The minimum Gasteiger partial charge on any atom is -0.338 e. The van der Waals surface area contributed by atoms with Crippen molar-refractivity contribution in [2.45, 2.75) is 5.92 Å². The van der Waals surface area contributed by atoms with Crippen LogP contribution in [0.5, 0.6) is 0 Å². The fourth-order valence-electron chi connectivity index (χ4n) is 3.92. The molecule has 1 aromatic heterocycles. The largest absolute Gasteiger partial charge is 0.338 e. The summed E-state index contributed by atoms with van der Waals surface area (Å²) in [5.41, 5.74) is 0.382. The molecule has 29 heavy (non-hydrogen) atoms. The van der Waals surface area contributed by atoms with Gasteiger partial charge < -0.3 is 5.32 Å². The number of nitrogens with one attached hydrogen (secondary N) is 3. The molecule has 1 aliphatic carbocycles. The predicted octanol–water partition coefficient (Wildman–Crippen LogP) is 2.72. The zero-order valence-electron chi connectivity index (χ0n) is 14.7. The van der Waals surface area contributed by atoms with Crippen molar-refractivity contribution in [3.05, 3.63) is 107 Å². The lowest BCUT2D eigenvalue weighted by Crippen LogP contribution is -2.38. The average molecular weight is 450 g/mol. The third-order valence-corrected chi connectivity index (χ3v) is 5.70. The van der Waals surface area contributed by atoms with Gasteiger partial charge in [0.1, 0.15) is 5.82 Å². The normalized spacial score (nSPS) is 17.3. The molecule has 0 amide bonds. The summed E-state index contributed by atoms with van der Waals surface area (Å²) < 4.78 is 0.830. The zero-order chi connectivity index (χ0) is 20.3. The van der Waals surface area contributed by atoms with Crippen molar-refractivity contribution in [3.63, 3.8) is 0 Å². The monoisotopic (exact) mass is 449 g/mol. The van der Waals surface area contributed by atoms with Crippen LogP contribution in [0, 0.1) is 0 Å². The van der Waals surface area contributed by atoms with E-state index in [0.29, 0.717) is 11.1 Å². The van der Waals surface area contributed by atoms with Crippen LogP contribution in [-0.2, 0) is 0 Å². The Kier molecular flexibility index (Phi) is 3.78. The summed E-state index contributed by atoms with van der Waals surface area (Å²) in [6, 6.07) is 13.7. The lowest BCUT2D eigenvalue weighted by Gasteiger charge is -2.32. The van der Waals surface area contributed by atoms with E-state index < -0.39 is 17.2 Å². The van der Waals surface area contributed by atoms with E-state index >= 15 is 0 Å². The third-order valence-electron chi connectivity index (χ3n) is 5.17. The lowest BCUT2D eigenvalue weighted by atomic mass is 9.74. The number of hydrogen-bond acceptors (Lipinski definition) is 5. The highest BCUT2D eigenvalue weighted by molar-refractivity contribution is 9.10. The van der Waals surface area contributed by atoms with Crippen LogP contribution < -0.4 is 16.6 Å². The first-order valence-electron chi connectivity index (χ1n) is 8.77. The quantitative estimate of drug-likeness (QED) is 0.528. The number of aromatic nitrogens is 2. The summed E-state index contributed by atoms with van der Waals surface area (Å²) >= 11 is 3.38. The first-order valence-corrected chi connectivity index (χ1v) is 9.56. The molecule has 8 heteroatoms. The third kappa shape index (κ3) is 2.56. The van der Waals surface area contributed by atoms with Crippen molar-refractivity contribution in [3.8, 4) is 0 Å². The molecule has 2 aromatic carbocycles. The first kappa shape index (κ1) is 17.6. The van der Waals surface area contributed by atoms with Crippen LogP contribution in [0.25, 0.3) is 0 Å². The number of anilines is 1. The summed E-state index contributed by atoms with van der Waals surface area (Å²) in [5, 5.41) is 2.84. The number of allylic oxidation sites excluding steroid dienone is 2. The Balaban J connectivity index is 1.84. The number of aromatic amines is 2. The van der Waals surface area contributed by atoms with E-state index in [1.807, 2.05) is 0 Å². The van der Waals surface area contributed by atoms with Gasteiger partial charge in [-0.1, -0.05) is 52.3 Å². The second kappa shape index (κ2) is 6.25. The van der Waals surface area contributed by atoms with Gasteiger partial charge in [-0.15, -0.1) is 0 Å². The minimum absolute atomic E-state index is 0.0790. The van der Waals surface area contributed by atoms with Crippen LogP contribution in [-0.4, -0.2) is 21.5 Å². The first-order chi connectivity index (χ1) is 14.0. The van der Waals surface area contributed by atoms with Crippen LogP contribution in [0.2, 0.25) is 0 Å². The fraction of sp³-hybridized carbons (Fsp3) is 0.0476. The van der Waals surface area contributed by atoms with Gasteiger partial charge in [0.15, 0.2) is 5.78 Å². The van der Waals surface area contributed by atoms with Crippen molar-refractivity contribution >= 4 is 33.3 Å². The summed E-state index contributed by atoms with van der Waals surface area (Å²) in [4.78, 5) is 55.8.